The highest BCUT2D eigenvalue weighted by Gasteiger charge is 2.32. The van der Waals surface area contributed by atoms with Crippen LogP contribution in [0.5, 0.6) is 0 Å². The molecule has 0 saturated carbocycles. The number of aromatic nitrogens is 4. The highest BCUT2D eigenvalue weighted by molar-refractivity contribution is 7.19. The topological polar surface area (TPSA) is 78.5 Å². The number of hydrogen-bond acceptors (Lipinski definition) is 6. The van der Waals surface area contributed by atoms with Crippen molar-refractivity contribution >= 4 is 33.0 Å². The summed E-state index contributed by atoms with van der Waals surface area (Å²) in [5, 5.41) is 5.49. The first-order valence-corrected chi connectivity index (χ1v) is 12.4. The van der Waals surface area contributed by atoms with Crippen LogP contribution in [0.4, 0.5) is 0 Å². The van der Waals surface area contributed by atoms with Gasteiger partial charge in [0.2, 0.25) is 0 Å². The summed E-state index contributed by atoms with van der Waals surface area (Å²) in [6.45, 7) is 4.54. The molecular weight excluding hydrogens is 460 g/mol. The average Bonchev–Trinajstić information content (AvgIpc) is 3.43. The van der Waals surface area contributed by atoms with E-state index in [2.05, 4.69) is 18.9 Å². The van der Waals surface area contributed by atoms with Crippen LogP contribution in [0.25, 0.3) is 15.9 Å². The fourth-order valence-electron chi connectivity index (χ4n) is 4.66. The number of benzene rings is 2. The van der Waals surface area contributed by atoms with Gasteiger partial charge in [0.25, 0.3) is 0 Å². The van der Waals surface area contributed by atoms with E-state index in [9.17, 15) is 9.59 Å². The molecule has 0 fully saturated rings. The molecule has 1 aliphatic heterocycles. The van der Waals surface area contributed by atoms with Crippen molar-refractivity contribution in [2.24, 2.45) is 0 Å². The molecule has 4 heterocycles. The molecule has 0 N–H and O–H groups in total. The van der Waals surface area contributed by atoms with Crippen LogP contribution in [-0.4, -0.2) is 30.5 Å². The molecule has 5 aromatic rings. The minimum Gasteiger partial charge on any atom is -0.370 e. The molecule has 7 nitrogen and oxygen atoms in total. The summed E-state index contributed by atoms with van der Waals surface area (Å²) in [5.74, 6) is 0.453. The molecule has 0 saturated heterocycles. The molecule has 8 heteroatoms. The Labute approximate surface area is 205 Å². The lowest BCUT2D eigenvalue weighted by atomic mass is 9.94. The number of ether oxygens (including phenoxy) is 1. The first-order chi connectivity index (χ1) is 16.9. The Morgan fingerprint density at radius 2 is 1.80 bits per heavy atom. The van der Waals surface area contributed by atoms with E-state index < -0.39 is 0 Å². The van der Waals surface area contributed by atoms with E-state index >= 15 is 0 Å². The highest BCUT2D eigenvalue weighted by atomic mass is 32.1. The normalized spacial score (nSPS) is 14.9. The molecule has 0 atom stereocenters. The van der Waals surface area contributed by atoms with Crippen LogP contribution in [0.3, 0.4) is 0 Å². The predicted molar refractivity (Wildman–Crippen MR) is 135 cm³/mol. The molecule has 0 radical (unpaired) electrons. The van der Waals surface area contributed by atoms with Crippen molar-refractivity contribution in [2.45, 2.75) is 45.4 Å². The Kier molecular flexibility index (Phi) is 5.16. The Hall–Kier alpha value is -3.62. The molecule has 2 aromatic carbocycles. The van der Waals surface area contributed by atoms with Gasteiger partial charge in [-0.2, -0.15) is 4.52 Å². The minimum atomic E-state index is -0.359. The monoisotopic (exact) mass is 484 g/mol. The largest absolute Gasteiger partial charge is 0.370 e. The van der Waals surface area contributed by atoms with Crippen molar-refractivity contribution in [2.75, 3.05) is 0 Å². The van der Waals surface area contributed by atoms with Crippen molar-refractivity contribution in [3.8, 4) is 0 Å². The van der Waals surface area contributed by atoms with Crippen LogP contribution >= 0.6 is 11.3 Å². The van der Waals surface area contributed by atoms with Crippen LogP contribution in [0.1, 0.15) is 46.0 Å². The Morgan fingerprint density at radius 3 is 2.54 bits per heavy atom. The zero-order chi connectivity index (χ0) is 24.2. The molecule has 3 aromatic heterocycles. The van der Waals surface area contributed by atoms with Gasteiger partial charge >= 0.3 is 5.69 Å². The fourth-order valence-corrected chi connectivity index (χ4v) is 5.88. The molecule has 0 aliphatic carbocycles. The van der Waals surface area contributed by atoms with Gasteiger partial charge < -0.3 is 4.74 Å². The third-order valence-electron chi connectivity index (χ3n) is 6.40. The number of carbonyl (C=O) groups is 1. The first kappa shape index (κ1) is 21.9. The highest BCUT2D eigenvalue weighted by Crippen LogP contribution is 2.40. The Bertz CT molecular complexity index is 1630. The second-order valence-electron chi connectivity index (χ2n) is 9.49. The smallest absolute Gasteiger partial charge is 0.352 e. The molecule has 0 spiro atoms. The molecule has 1 aliphatic rings. The lowest BCUT2D eigenvalue weighted by molar-refractivity contribution is -0.0379. The molecular formula is C27H24N4O3S. The van der Waals surface area contributed by atoms with E-state index in [0.717, 1.165) is 26.2 Å². The van der Waals surface area contributed by atoms with Gasteiger partial charge in [-0.1, -0.05) is 60.7 Å². The number of thiophene rings is 1. The van der Waals surface area contributed by atoms with Gasteiger partial charge in [0.1, 0.15) is 4.83 Å². The number of fused-ring (bicyclic) bond motifs is 5. The van der Waals surface area contributed by atoms with Gasteiger partial charge in [-0.05, 0) is 25.0 Å². The lowest BCUT2D eigenvalue weighted by Gasteiger charge is -2.30. The number of Topliss-reactive ketones (excluding diaryl/α,β-unsaturated/α-hetero) is 1. The van der Waals surface area contributed by atoms with Crippen molar-refractivity contribution in [3.63, 3.8) is 0 Å². The van der Waals surface area contributed by atoms with E-state index in [1.54, 1.807) is 16.7 Å². The summed E-state index contributed by atoms with van der Waals surface area (Å²) in [4.78, 5) is 33.4. The van der Waals surface area contributed by atoms with E-state index in [-0.39, 0.29) is 23.6 Å². The van der Waals surface area contributed by atoms with E-state index in [1.807, 2.05) is 48.5 Å². The second-order valence-corrected chi connectivity index (χ2v) is 10.6. The van der Waals surface area contributed by atoms with E-state index in [1.165, 1.54) is 15.9 Å². The average molecular weight is 485 g/mol. The SMILES string of the molecule is CC1(C)Cc2c(sc3c2c2nc(Cc4ccccc4)nn2c(=O)n3CC(=O)c2ccccc2)CO1. The maximum absolute atomic E-state index is 13.7. The third kappa shape index (κ3) is 3.88. The molecule has 0 amide bonds. The third-order valence-corrected chi connectivity index (χ3v) is 7.63. The zero-order valence-electron chi connectivity index (χ0n) is 19.5. The summed E-state index contributed by atoms with van der Waals surface area (Å²) < 4.78 is 8.97. The number of ketones is 1. The van der Waals surface area contributed by atoms with Crippen LogP contribution in [0.15, 0.2) is 65.5 Å². The van der Waals surface area contributed by atoms with Crippen molar-refractivity contribution in [1.82, 2.24) is 19.2 Å². The Morgan fingerprint density at radius 1 is 1.09 bits per heavy atom. The first-order valence-electron chi connectivity index (χ1n) is 11.6. The van der Waals surface area contributed by atoms with Crippen molar-refractivity contribution in [1.29, 1.82) is 0 Å². The molecule has 0 bridgehead atoms. The number of nitrogens with zero attached hydrogens (tertiary/aromatic N) is 4. The summed E-state index contributed by atoms with van der Waals surface area (Å²) >= 11 is 1.51. The molecule has 0 unspecified atom stereocenters. The molecule has 6 rings (SSSR count). The predicted octanol–water partition coefficient (Wildman–Crippen LogP) is 4.43. The summed E-state index contributed by atoms with van der Waals surface area (Å²) in [6.07, 6.45) is 1.22. The summed E-state index contributed by atoms with van der Waals surface area (Å²) in [7, 11) is 0. The van der Waals surface area contributed by atoms with Gasteiger partial charge in [-0.25, -0.2) is 9.78 Å². The van der Waals surface area contributed by atoms with Gasteiger partial charge in [0.15, 0.2) is 17.3 Å². The molecule has 35 heavy (non-hydrogen) atoms. The van der Waals surface area contributed by atoms with Gasteiger partial charge in [0.05, 0.1) is 24.1 Å². The summed E-state index contributed by atoms with van der Waals surface area (Å²) in [6, 6.07) is 19.0. The maximum Gasteiger partial charge on any atom is 0.352 e. The van der Waals surface area contributed by atoms with Crippen LogP contribution in [0.2, 0.25) is 0 Å². The van der Waals surface area contributed by atoms with Crippen LogP contribution in [-0.2, 0) is 30.7 Å². The zero-order valence-corrected chi connectivity index (χ0v) is 20.3. The number of rotatable bonds is 5. The van der Waals surface area contributed by atoms with Gasteiger partial charge in [0, 0.05) is 23.3 Å². The van der Waals surface area contributed by atoms with Crippen molar-refractivity contribution < 1.29 is 9.53 Å². The molecule has 176 valence electrons. The van der Waals surface area contributed by atoms with Crippen LogP contribution < -0.4 is 5.69 Å². The van der Waals surface area contributed by atoms with Gasteiger partial charge in [-0.15, -0.1) is 16.4 Å². The quantitative estimate of drug-likeness (QED) is 0.345. The van der Waals surface area contributed by atoms with Gasteiger partial charge in [-0.3, -0.25) is 9.36 Å². The standard InChI is InChI=1S/C27H24N4O3S/c1-27(2)14-19-21(16-34-27)35-25-23(19)24-28-22(13-17-9-5-3-6-10-17)29-31(24)26(33)30(25)15-20(32)18-11-7-4-8-12-18/h3-12H,13-16H2,1-2H3. The second kappa shape index (κ2) is 8.25. The van der Waals surface area contributed by atoms with Crippen molar-refractivity contribution in [3.05, 3.63) is 98.5 Å². The number of carbonyl (C=O) groups excluding carboxylic acids is 1. The minimum absolute atomic E-state index is 0.0627. The van der Waals surface area contributed by atoms with E-state index in [0.29, 0.717) is 36.5 Å². The fraction of sp³-hybridized carbons (Fsp3) is 0.259. The number of hydrogen-bond donors (Lipinski definition) is 0. The van der Waals surface area contributed by atoms with Crippen LogP contribution in [0, 0.1) is 0 Å². The van der Waals surface area contributed by atoms with E-state index in [4.69, 9.17) is 9.72 Å². The summed E-state index contributed by atoms with van der Waals surface area (Å²) in [5.41, 5.74) is 2.64. The maximum atomic E-state index is 13.7. The Balaban J connectivity index is 1.56. The lowest BCUT2D eigenvalue weighted by Crippen LogP contribution is -2.32.